The van der Waals surface area contributed by atoms with Gasteiger partial charge in [0.15, 0.2) is 0 Å². The van der Waals surface area contributed by atoms with Gasteiger partial charge in [0.2, 0.25) is 5.91 Å². The van der Waals surface area contributed by atoms with E-state index in [4.69, 9.17) is 4.74 Å². The van der Waals surface area contributed by atoms with Crippen molar-refractivity contribution < 1.29 is 19.4 Å². The van der Waals surface area contributed by atoms with Crippen LogP contribution in [0.4, 0.5) is 0 Å². The van der Waals surface area contributed by atoms with Crippen LogP contribution < -0.4 is 0 Å². The van der Waals surface area contributed by atoms with Crippen LogP contribution in [-0.4, -0.2) is 66.6 Å². The Bertz CT molecular complexity index is 559. The van der Waals surface area contributed by atoms with Gasteiger partial charge >= 0.3 is 0 Å². The van der Waals surface area contributed by atoms with E-state index < -0.39 is 0 Å². The Hall–Kier alpha value is -2.08. The third-order valence-corrected chi connectivity index (χ3v) is 3.85. The van der Waals surface area contributed by atoms with E-state index in [2.05, 4.69) is 0 Å². The molecule has 1 heterocycles. The van der Waals surface area contributed by atoms with Gasteiger partial charge in [0.05, 0.1) is 0 Å². The molecular formula is C16H22N2O4. The summed E-state index contributed by atoms with van der Waals surface area (Å²) in [6.07, 6.45) is 0.748. The fourth-order valence-corrected chi connectivity index (χ4v) is 2.56. The van der Waals surface area contributed by atoms with Crippen LogP contribution in [0.1, 0.15) is 22.3 Å². The van der Waals surface area contributed by atoms with Gasteiger partial charge in [0, 0.05) is 38.9 Å². The lowest BCUT2D eigenvalue weighted by Gasteiger charge is -2.22. The molecule has 0 spiro atoms. The average Bonchev–Trinajstić information content (AvgIpc) is 2.75. The summed E-state index contributed by atoms with van der Waals surface area (Å²) >= 11 is 0. The van der Waals surface area contributed by atoms with E-state index >= 15 is 0 Å². The van der Waals surface area contributed by atoms with E-state index in [-0.39, 0.29) is 24.2 Å². The summed E-state index contributed by atoms with van der Waals surface area (Å²) in [5.74, 6) is 0.0742. The molecular weight excluding hydrogens is 284 g/mol. The number of methoxy groups -OCH3 is 1. The van der Waals surface area contributed by atoms with Crippen molar-refractivity contribution in [3.8, 4) is 5.75 Å². The molecule has 1 aliphatic rings. The molecule has 0 radical (unpaired) electrons. The van der Waals surface area contributed by atoms with Crippen LogP contribution in [0.3, 0.4) is 0 Å². The minimum atomic E-state index is -0.0656. The largest absolute Gasteiger partial charge is 0.508 e. The van der Waals surface area contributed by atoms with Gasteiger partial charge in [-0.05, 0) is 37.1 Å². The SMILES string of the molecule is COCC(=O)N1CCCN(C(=O)c2ccc(O)c(C)c2)CC1. The monoisotopic (exact) mass is 306 g/mol. The topological polar surface area (TPSA) is 70.1 Å². The summed E-state index contributed by atoms with van der Waals surface area (Å²) < 4.78 is 4.87. The highest BCUT2D eigenvalue weighted by Gasteiger charge is 2.22. The van der Waals surface area contributed by atoms with Crippen LogP contribution in [0.15, 0.2) is 18.2 Å². The fraction of sp³-hybridized carbons (Fsp3) is 0.500. The lowest BCUT2D eigenvalue weighted by atomic mass is 10.1. The molecule has 0 aromatic heterocycles. The molecule has 1 aliphatic heterocycles. The van der Waals surface area contributed by atoms with Gasteiger partial charge in [-0.1, -0.05) is 0 Å². The molecule has 1 aromatic carbocycles. The van der Waals surface area contributed by atoms with Gasteiger partial charge < -0.3 is 19.6 Å². The second-order valence-corrected chi connectivity index (χ2v) is 5.46. The quantitative estimate of drug-likeness (QED) is 0.905. The molecule has 1 N–H and O–H groups in total. The summed E-state index contributed by atoms with van der Waals surface area (Å²) in [5.41, 5.74) is 1.24. The van der Waals surface area contributed by atoms with E-state index in [0.717, 1.165) is 6.42 Å². The number of aryl methyl sites for hydroxylation is 1. The third-order valence-electron chi connectivity index (χ3n) is 3.85. The number of benzene rings is 1. The number of nitrogens with zero attached hydrogens (tertiary/aromatic N) is 2. The Morgan fingerprint density at radius 3 is 2.55 bits per heavy atom. The number of aromatic hydroxyl groups is 1. The fourth-order valence-electron chi connectivity index (χ4n) is 2.56. The normalized spacial score (nSPS) is 15.5. The van der Waals surface area contributed by atoms with Crippen molar-refractivity contribution in [2.24, 2.45) is 0 Å². The lowest BCUT2D eigenvalue weighted by molar-refractivity contribution is -0.135. The van der Waals surface area contributed by atoms with Gasteiger partial charge in [-0.25, -0.2) is 0 Å². The van der Waals surface area contributed by atoms with Crippen molar-refractivity contribution in [3.05, 3.63) is 29.3 Å². The van der Waals surface area contributed by atoms with Crippen LogP contribution in [0.2, 0.25) is 0 Å². The molecule has 0 bridgehead atoms. The molecule has 22 heavy (non-hydrogen) atoms. The van der Waals surface area contributed by atoms with Crippen molar-refractivity contribution in [2.45, 2.75) is 13.3 Å². The second-order valence-electron chi connectivity index (χ2n) is 5.46. The standard InChI is InChI=1S/C16H22N2O4/c1-12-10-13(4-5-14(12)19)16(21)18-7-3-6-17(8-9-18)15(20)11-22-2/h4-5,10,19H,3,6-9,11H2,1-2H3. The van der Waals surface area contributed by atoms with Gasteiger partial charge in [0.25, 0.3) is 5.91 Å². The summed E-state index contributed by atoms with van der Waals surface area (Å²) in [4.78, 5) is 27.9. The predicted molar refractivity (Wildman–Crippen MR) is 81.8 cm³/mol. The molecule has 0 atom stereocenters. The number of hydrogen-bond donors (Lipinski definition) is 1. The van der Waals surface area contributed by atoms with Crippen molar-refractivity contribution in [3.63, 3.8) is 0 Å². The second kappa shape index (κ2) is 7.26. The van der Waals surface area contributed by atoms with Gasteiger partial charge in [-0.3, -0.25) is 9.59 Å². The highest BCUT2D eigenvalue weighted by atomic mass is 16.5. The number of carbonyl (C=O) groups excluding carboxylic acids is 2. The van der Waals surface area contributed by atoms with Crippen LogP contribution in [0.25, 0.3) is 0 Å². The smallest absolute Gasteiger partial charge is 0.253 e. The maximum absolute atomic E-state index is 12.5. The first-order valence-corrected chi connectivity index (χ1v) is 7.38. The molecule has 0 saturated carbocycles. The summed E-state index contributed by atoms with van der Waals surface area (Å²) in [5, 5.41) is 9.55. The third kappa shape index (κ3) is 3.76. The van der Waals surface area contributed by atoms with E-state index in [9.17, 15) is 14.7 Å². The van der Waals surface area contributed by atoms with Crippen molar-refractivity contribution in [2.75, 3.05) is 39.9 Å². The zero-order valence-electron chi connectivity index (χ0n) is 13.0. The molecule has 6 nitrogen and oxygen atoms in total. The van der Waals surface area contributed by atoms with E-state index in [1.54, 1.807) is 28.9 Å². The predicted octanol–water partition coefficient (Wildman–Crippen LogP) is 1.02. The van der Waals surface area contributed by atoms with Crippen LogP contribution >= 0.6 is 0 Å². The lowest BCUT2D eigenvalue weighted by Crippen LogP contribution is -2.38. The van der Waals surface area contributed by atoms with Gasteiger partial charge in [-0.15, -0.1) is 0 Å². The van der Waals surface area contributed by atoms with Gasteiger partial charge in [-0.2, -0.15) is 0 Å². The number of carbonyl (C=O) groups is 2. The number of hydrogen-bond acceptors (Lipinski definition) is 4. The highest BCUT2D eigenvalue weighted by Crippen LogP contribution is 2.18. The Labute approximate surface area is 130 Å². The number of phenols is 1. The van der Waals surface area contributed by atoms with E-state index in [1.807, 2.05) is 0 Å². The Balaban J connectivity index is 2.02. The highest BCUT2D eigenvalue weighted by molar-refractivity contribution is 5.94. The Morgan fingerprint density at radius 1 is 1.18 bits per heavy atom. The minimum absolute atomic E-state index is 0.0442. The number of amides is 2. The molecule has 1 aromatic rings. The van der Waals surface area contributed by atoms with Crippen molar-refractivity contribution in [1.29, 1.82) is 0 Å². The maximum Gasteiger partial charge on any atom is 0.253 e. The Morgan fingerprint density at radius 2 is 1.86 bits per heavy atom. The van der Waals surface area contributed by atoms with Crippen LogP contribution in [0.5, 0.6) is 5.75 Å². The van der Waals surface area contributed by atoms with Crippen molar-refractivity contribution >= 4 is 11.8 Å². The zero-order chi connectivity index (χ0) is 16.1. The zero-order valence-corrected chi connectivity index (χ0v) is 13.0. The molecule has 1 fully saturated rings. The molecule has 6 heteroatoms. The maximum atomic E-state index is 12.5. The molecule has 2 rings (SSSR count). The summed E-state index contributed by atoms with van der Waals surface area (Å²) in [7, 11) is 1.50. The molecule has 1 saturated heterocycles. The molecule has 2 amide bonds. The average molecular weight is 306 g/mol. The van der Waals surface area contributed by atoms with Crippen molar-refractivity contribution in [1.82, 2.24) is 9.80 Å². The summed E-state index contributed by atoms with van der Waals surface area (Å²) in [6, 6.07) is 4.86. The first kappa shape index (κ1) is 16.3. The number of phenolic OH excluding ortho intramolecular Hbond substituents is 1. The Kier molecular flexibility index (Phi) is 5.38. The number of rotatable bonds is 3. The van der Waals surface area contributed by atoms with E-state index in [0.29, 0.717) is 37.3 Å². The summed E-state index contributed by atoms with van der Waals surface area (Å²) in [6.45, 7) is 4.13. The first-order chi connectivity index (χ1) is 10.5. The first-order valence-electron chi connectivity index (χ1n) is 7.38. The molecule has 0 aliphatic carbocycles. The molecule has 120 valence electrons. The van der Waals surface area contributed by atoms with Gasteiger partial charge in [0.1, 0.15) is 12.4 Å². The molecule has 0 unspecified atom stereocenters. The number of ether oxygens (including phenoxy) is 1. The van der Waals surface area contributed by atoms with Crippen LogP contribution in [0, 0.1) is 6.92 Å². The van der Waals surface area contributed by atoms with Crippen LogP contribution in [-0.2, 0) is 9.53 Å². The minimum Gasteiger partial charge on any atom is -0.508 e. The van der Waals surface area contributed by atoms with E-state index in [1.165, 1.54) is 13.2 Å².